The average molecular weight is 333 g/mol. The summed E-state index contributed by atoms with van der Waals surface area (Å²) in [5.41, 5.74) is -0.241. The number of hydrogen-bond donors (Lipinski definition) is 0. The van der Waals surface area contributed by atoms with Crippen molar-refractivity contribution in [2.75, 3.05) is 13.7 Å². The Labute approximate surface area is 131 Å². The predicted octanol–water partition coefficient (Wildman–Crippen LogP) is 3.15. The van der Waals surface area contributed by atoms with Gasteiger partial charge in [0.25, 0.3) is 11.6 Å². The van der Waals surface area contributed by atoms with Crippen molar-refractivity contribution in [2.24, 2.45) is 0 Å². The van der Waals surface area contributed by atoms with Crippen molar-refractivity contribution in [3.63, 3.8) is 0 Å². The number of non-ortho nitro benzene ring substituents is 1. The number of ether oxygens (including phenoxy) is 1. The van der Waals surface area contributed by atoms with Gasteiger partial charge in [-0.25, -0.2) is 0 Å². The molecule has 1 heterocycles. The highest BCUT2D eigenvalue weighted by Crippen LogP contribution is 2.32. The largest absolute Gasteiger partial charge is 0.376 e. The highest BCUT2D eigenvalue weighted by atomic mass is 35.5. The Bertz CT molecular complexity index is 594. The first-order valence-corrected chi connectivity index (χ1v) is 7.10. The lowest BCUT2D eigenvalue weighted by molar-refractivity contribution is -0.384. The van der Waals surface area contributed by atoms with Crippen LogP contribution in [0.4, 0.5) is 5.69 Å². The lowest BCUT2D eigenvalue weighted by atomic mass is 10.1. The van der Waals surface area contributed by atoms with Gasteiger partial charge in [-0.15, -0.1) is 0 Å². The first kappa shape index (κ1) is 16.0. The average Bonchev–Trinajstić information content (AvgIpc) is 2.86. The second kappa shape index (κ2) is 6.17. The van der Waals surface area contributed by atoms with Crippen molar-refractivity contribution in [3.05, 3.63) is 37.9 Å². The van der Waals surface area contributed by atoms with Gasteiger partial charge in [-0.2, -0.15) is 0 Å². The predicted molar refractivity (Wildman–Crippen MR) is 79.0 cm³/mol. The summed E-state index contributed by atoms with van der Waals surface area (Å²) in [6, 6.07) is 2.18. The fourth-order valence-electron chi connectivity index (χ4n) is 2.41. The van der Waals surface area contributed by atoms with E-state index in [1.165, 1.54) is 4.90 Å². The fraction of sp³-hybridized carbons (Fsp3) is 0.462. The Balaban J connectivity index is 2.36. The molecule has 0 aromatic heterocycles. The summed E-state index contributed by atoms with van der Waals surface area (Å²) in [6.45, 7) is 2.45. The molecule has 1 aliphatic rings. The summed E-state index contributed by atoms with van der Waals surface area (Å²) in [5, 5.41) is 10.9. The molecule has 0 radical (unpaired) electrons. The number of carbonyl (C=O) groups excluding carboxylic acids is 1. The van der Waals surface area contributed by atoms with Crippen LogP contribution in [0.2, 0.25) is 10.0 Å². The summed E-state index contributed by atoms with van der Waals surface area (Å²) >= 11 is 11.9. The minimum atomic E-state index is -0.611. The zero-order chi connectivity index (χ0) is 15.7. The molecule has 0 spiro atoms. The second-order valence-corrected chi connectivity index (χ2v) is 5.68. The van der Waals surface area contributed by atoms with Gasteiger partial charge in [0.2, 0.25) is 0 Å². The van der Waals surface area contributed by atoms with Gasteiger partial charge >= 0.3 is 0 Å². The van der Waals surface area contributed by atoms with Crippen molar-refractivity contribution in [1.29, 1.82) is 0 Å². The number of likely N-dealkylation sites (N-methyl/N-ethyl adjacent to an activating group) is 1. The number of carbonyl (C=O) groups is 1. The van der Waals surface area contributed by atoms with Crippen LogP contribution in [0.25, 0.3) is 0 Å². The van der Waals surface area contributed by atoms with Gasteiger partial charge in [0.15, 0.2) is 0 Å². The van der Waals surface area contributed by atoms with E-state index in [0.717, 1.165) is 12.1 Å². The highest BCUT2D eigenvalue weighted by molar-refractivity contribution is 6.44. The van der Waals surface area contributed by atoms with Crippen LogP contribution in [-0.4, -0.2) is 41.5 Å². The molecule has 1 aromatic rings. The summed E-state index contributed by atoms with van der Waals surface area (Å²) in [6.07, 6.45) is 0.621. The van der Waals surface area contributed by atoms with E-state index in [-0.39, 0.29) is 33.4 Å². The van der Waals surface area contributed by atoms with E-state index >= 15 is 0 Å². The third-order valence-corrected chi connectivity index (χ3v) is 4.41. The summed E-state index contributed by atoms with van der Waals surface area (Å²) < 4.78 is 5.43. The molecule has 0 bridgehead atoms. The molecule has 114 valence electrons. The van der Waals surface area contributed by atoms with Crippen molar-refractivity contribution in [3.8, 4) is 0 Å². The summed E-state index contributed by atoms with van der Waals surface area (Å²) in [5.74, 6) is -0.409. The number of benzene rings is 1. The van der Waals surface area contributed by atoms with Gasteiger partial charge in [-0.05, 0) is 13.3 Å². The minimum Gasteiger partial charge on any atom is -0.376 e. The molecule has 2 rings (SSSR count). The molecule has 21 heavy (non-hydrogen) atoms. The van der Waals surface area contributed by atoms with Crippen molar-refractivity contribution >= 4 is 34.8 Å². The first-order valence-electron chi connectivity index (χ1n) is 6.35. The maximum atomic E-state index is 12.5. The Morgan fingerprint density at radius 3 is 2.67 bits per heavy atom. The maximum absolute atomic E-state index is 12.5. The van der Waals surface area contributed by atoms with Gasteiger partial charge in [0.05, 0.1) is 32.7 Å². The lowest BCUT2D eigenvalue weighted by Gasteiger charge is -2.27. The zero-order valence-corrected chi connectivity index (χ0v) is 13.0. The first-order chi connectivity index (χ1) is 9.82. The molecule has 0 saturated carbocycles. The maximum Gasteiger partial charge on any atom is 0.271 e. The van der Waals surface area contributed by atoms with Crippen molar-refractivity contribution < 1.29 is 14.5 Å². The second-order valence-electron chi connectivity index (χ2n) is 4.89. The number of halogens is 2. The van der Waals surface area contributed by atoms with Gasteiger partial charge in [-0.3, -0.25) is 14.9 Å². The summed E-state index contributed by atoms with van der Waals surface area (Å²) in [4.78, 5) is 24.3. The normalized spacial score (nSPS) is 21.3. The van der Waals surface area contributed by atoms with E-state index < -0.39 is 10.8 Å². The Kier molecular flexibility index (Phi) is 4.70. The highest BCUT2D eigenvalue weighted by Gasteiger charge is 2.32. The Morgan fingerprint density at radius 2 is 2.14 bits per heavy atom. The van der Waals surface area contributed by atoms with Crippen LogP contribution < -0.4 is 0 Å². The van der Waals surface area contributed by atoms with Gasteiger partial charge < -0.3 is 9.64 Å². The van der Waals surface area contributed by atoms with Crippen LogP contribution in [-0.2, 0) is 4.74 Å². The number of nitro benzene ring substituents is 1. The SMILES string of the molecule is CC1OCCC1N(C)C(=O)c1cc([N+](=O)[O-])cc(Cl)c1Cl. The monoisotopic (exact) mass is 332 g/mol. The molecule has 0 N–H and O–H groups in total. The van der Waals surface area contributed by atoms with Crippen LogP contribution in [0.5, 0.6) is 0 Å². The lowest BCUT2D eigenvalue weighted by Crippen LogP contribution is -2.41. The number of amides is 1. The number of nitrogens with zero attached hydrogens (tertiary/aromatic N) is 2. The smallest absolute Gasteiger partial charge is 0.271 e. The third-order valence-electron chi connectivity index (χ3n) is 3.61. The molecule has 6 nitrogen and oxygen atoms in total. The molecule has 1 amide bonds. The van der Waals surface area contributed by atoms with Crippen LogP contribution in [0.15, 0.2) is 12.1 Å². The van der Waals surface area contributed by atoms with E-state index in [4.69, 9.17) is 27.9 Å². The van der Waals surface area contributed by atoms with Gasteiger partial charge in [0.1, 0.15) is 0 Å². The molecule has 0 aliphatic carbocycles. The van der Waals surface area contributed by atoms with Crippen molar-refractivity contribution in [2.45, 2.75) is 25.5 Å². The summed E-state index contributed by atoms with van der Waals surface area (Å²) in [7, 11) is 1.63. The topological polar surface area (TPSA) is 72.7 Å². The number of nitro groups is 1. The van der Waals surface area contributed by atoms with E-state index in [1.54, 1.807) is 7.05 Å². The quantitative estimate of drug-likeness (QED) is 0.629. The molecular formula is C13H14Cl2N2O4. The van der Waals surface area contributed by atoms with Crippen molar-refractivity contribution in [1.82, 2.24) is 4.90 Å². The number of rotatable bonds is 3. The van der Waals surface area contributed by atoms with E-state index in [0.29, 0.717) is 13.0 Å². The zero-order valence-electron chi connectivity index (χ0n) is 11.5. The molecule has 2 unspecified atom stereocenters. The molecular weight excluding hydrogens is 319 g/mol. The molecule has 1 saturated heterocycles. The molecule has 2 atom stereocenters. The van der Waals surface area contributed by atoms with E-state index in [9.17, 15) is 14.9 Å². The van der Waals surface area contributed by atoms with Crippen LogP contribution in [0.1, 0.15) is 23.7 Å². The number of hydrogen-bond acceptors (Lipinski definition) is 4. The van der Waals surface area contributed by atoms with Crippen LogP contribution in [0, 0.1) is 10.1 Å². The Hall–Kier alpha value is -1.37. The van der Waals surface area contributed by atoms with Gasteiger partial charge in [-0.1, -0.05) is 23.2 Å². The van der Waals surface area contributed by atoms with Gasteiger partial charge in [0, 0.05) is 25.8 Å². The molecule has 1 aliphatic heterocycles. The molecule has 1 aromatic carbocycles. The fourth-order valence-corrected chi connectivity index (χ4v) is 2.81. The standard InChI is InChI=1S/C13H14Cl2N2O4/c1-7-11(3-4-21-7)16(2)13(18)9-5-8(17(19)20)6-10(14)12(9)15/h5-7,11H,3-4H2,1-2H3. The van der Waals surface area contributed by atoms with Crippen LogP contribution >= 0.6 is 23.2 Å². The van der Waals surface area contributed by atoms with E-state index in [1.807, 2.05) is 6.92 Å². The minimum absolute atomic E-state index is 0.0154. The Morgan fingerprint density at radius 1 is 1.48 bits per heavy atom. The van der Waals surface area contributed by atoms with E-state index in [2.05, 4.69) is 0 Å². The van der Waals surface area contributed by atoms with Crippen LogP contribution in [0.3, 0.4) is 0 Å². The molecule has 1 fully saturated rings. The molecule has 8 heteroatoms. The third kappa shape index (κ3) is 3.12.